The maximum Gasteiger partial charge on any atom is 0.190 e. The van der Waals surface area contributed by atoms with Crippen LogP contribution in [0.2, 0.25) is 5.02 Å². The summed E-state index contributed by atoms with van der Waals surface area (Å²) in [6.07, 6.45) is 4.80. The van der Waals surface area contributed by atoms with E-state index in [0.717, 1.165) is 36.4 Å². The number of benzene rings is 1. The number of hydrogen-bond acceptors (Lipinski definition) is 2. The van der Waals surface area contributed by atoms with Crippen LogP contribution in [0.3, 0.4) is 0 Å². The molecule has 1 aliphatic rings. The Kier molecular flexibility index (Phi) is 8.40. The highest BCUT2D eigenvalue weighted by Gasteiger charge is 2.18. The fourth-order valence-electron chi connectivity index (χ4n) is 3.17. The summed E-state index contributed by atoms with van der Waals surface area (Å²) in [6.45, 7) is 7.86. The molecule has 1 heterocycles. The van der Waals surface area contributed by atoms with E-state index in [0.29, 0.717) is 0 Å². The van der Waals surface area contributed by atoms with E-state index in [1.165, 1.54) is 44.5 Å². The minimum absolute atomic E-state index is 0.757. The van der Waals surface area contributed by atoms with Crippen LogP contribution in [0, 0.1) is 5.92 Å². The first kappa shape index (κ1) is 19.1. The van der Waals surface area contributed by atoms with E-state index in [-0.39, 0.29) is 0 Å². The molecule has 0 radical (unpaired) electrons. The molecule has 5 heteroatoms. The molecule has 1 aliphatic heterocycles. The lowest BCUT2D eigenvalue weighted by Gasteiger charge is -2.32. The molecule has 0 saturated carbocycles. The standard InChI is InChI=1S/C19H31ClN4/c1-3-12-24-13-9-17(10-14-24)15-23-19(21-2)22-11-8-16-4-6-18(20)7-5-16/h4-7,17H,3,8-15H2,1-2H3,(H2,21,22,23). The first-order chi connectivity index (χ1) is 11.7. The molecule has 0 aromatic heterocycles. The van der Waals surface area contributed by atoms with Gasteiger partial charge >= 0.3 is 0 Å². The van der Waals surface area contributed by atoms with Crippen molar-refractivity contribution in [2.45, 2.75) is 32.6 Å². The fraction of sp³-hybridized carbons (Fsp3) is 0.632. The summed E-state index contributed by atoms with van der Waals surface area (Å²) >= 11 is 5.91. The molecule has 1 aromatic rings. The Bertz CT molecular complexity index is 493. The molecule has 2 N–H and O–H groups in total. The van der Waals surface area contributed by atoms with Gasteiger partial charge in [-0.2, -0.15) is 0 Å². The Morgan fingerprint density at radius 2 is 1.92 bits per heavy atom. The molecule has 0 amide bonds. The smallest absolute Gasteiger partial charge is 0.190 e. The predicted octanol–water partition coefficient (Wildman–Crippen LogP) is 3.17. The van der Waals surface area contributed by atoms with Crippen molar-refractivity contribution in [1.29, 1.82) is 0 Å². The first-order valence-corrected chi connectivity index (χ1v) is 9.50. The lowest BCUT2D eigenvalue weighted by Crippen LogP contribution is -2.43. The van der Waals surface area contributed by atoms with E-state index < -0.39 is 0 Å². The molecule has 4 nitrogen and oxygen atoms in total. The van der Waals surface area contributed by atoms with Crippen molar-refractivity contribution in [2.24, 2.45) is 10.9 Å². The maximum atomic E-state index is 5.91. The van der Waals surface area contributed by atoms with Gasteiger partial charge in [-0.05, 0) is 68.9 Å². The van der Waals surface area contributed by atoms with E-state index in [4.69, 9.17) is 11.6 Å². The zero-order valence-corrected chi connectivity index (χ0v) is 15.8. The van der Waals surface area contributed by atoms with Crippen LogP contribution in [-0.4, -0.2) is 50.6 Å². The van der Waals surface area contributed by atoms with Crippen molar-refractivity contribution in [3.05, 3.63) is 34.9 Å². The average molecular weight is 351 g/mol. The van der Waals surface area contributed by atoms with Gasteiger partial charge in [0.1, 0.15) is 0 Å². The van der Waals surface area contributed by atoms with Crippen LogP contribution in [0.25, 0.3) is 0 Å². The van der Waals surface area contributed by atoms with Crippen LogP contribution in [0.5, 0.6) is 0 Å². The number of nitrogens with one attached hydrogen (secondary N) is 2. The summed E-state index contributed by atoms with van der Waals surface area (Å²) in [5, 5.41) is 7.66. The zero-order chi connectivity index (χ0) is 17.2. The molecule has 0 spiro atoms. The Balaban J connectivity index is 1.63. The third-order valence-electron chi connectivity index (χ3n) is 4.65. The third kappa shape index (κ3) is 6.70. The van der Waals surface area contributed by atoms with Gasteiger partial charge in [0, 0.05) is 25.2 Å². The summed E-state index contributed by atoms with van der Waals surface area (Å²) in [5.74, 6) is 1.66. The van der Waals surface area contributed by atoms with Gasteiger partial charge in [0.05, 0.1) is 0 Å². The van der Waals surface area contributed by atoms with Crippen LogP contribution in [-0.2, 0) is 6.42 Å². The molecule has 24 heavy (non-hydrogen) atoms. The Labute approximate surface area is 151 Å². The van der Waals surface area contributed by atoms with Crippen LogP contribution >= 0.6 is 11.6 Å². The normalized spacial score (nSPS) is 17.0. The molecule has 1 aromatic carbocycles. The number of hydrogen-bond donors (Lipinski definition) is 2. The van der Waals surface area contributed by atoms with Crippen LogP contribution < -0.4 is 10.6 Å². The second kappa shape index (κ2) is 10.6. The van der Waals surface area contributed by atoms with Crippen LogP contribution in [0.4, 0.5) is 0 Å². The maximum absolute atomic E-state index is 5.91. The van der Waals surface area contributed by atoms with Gasteiger partial charge in [0.15, 0.2) is 5.96 Å². The Morgan fingerprint density at radius 3 is 2.54 bits per heavy atom. The highest BCUT2D eigenvalue weighted by atomic mass is 35.5. The van der Waals surface area contributed by atoms with Crippen molar-refractivity contribution in [3.63, 3.8) is 0 Å². The number of aliphatic imine (C=N–C) groups is 1. The minimum atomic E-state index is 0.757. The Morgan fingerprint density at radius 1 is 1.21 bits per heavy atom. The highest BCUT2D eigenvalue weighted by molar-refractivity contribution is 6.30. The van der Waals surface area contributed by atoms with Crippen LogP contribution in [0.15, 0.2) is 29.3 Å². The fourth-order valence-corrected chi connectivity index (χ4v) is 3.29. The summed E-state index contributed by atoms with van der Waals surface area (Å²) in [7, 11) is 1.83. The van der Waals surface area contributed by atoms with Gasteiger partial charge in [-0.25, -0.2) is 0 Å². The van der Waals surface area contributed by atoms with Gasteiger partial charge in [0.2, 0.25) is 0 Å². The zero-order valence-electron chi connectivity index (χ0n) is 15.0. The Hall–Kier alpha value is -1.26. The molecule has 0 atom stereocenters. The van der Waals surface area contributed by atoms with Gasteiger partial charge in [0.25, 0.3) is 0 Å². The van der Waals surface area contributed by atoms with Gasteiger partial charge in [-0.15, -0.1) is 0 Å². The quantitative estimate of drug-likeness (QED) is 0.586. The number of halogens is 1. The molecule has 0 bridgehead atoms. The van der Waals surface area contributed by atoms with E-state index >= 15 is 0 Å². The summed E-state index contributed by atoms with van der Waals surface area (Å²) in [4.78, 5) is 6.90. The van der Waals surface area contributed by atoms with Gasteiger partial charge < -0.3 is 15.5 Å². The van der Waals surface area contributed by atoms with Gasteiger partial charge in [-0.3, -0.25) is 4.99 Å². The summed E-state index contributed by atoms with van der Waals surface area (Å²) < 4.78 is 0. The predicted molar refractivity (Wildman–Crippen MR) is 104 cm³/mol. The molecule has 0 unspecified atom stereocenters. The van der Waals surface area contributed by atoms with E-state index in [2.05, 4.69) is 39.6 Å². The monoisotopic (exact) mass is 350 g/mol. The first-order valence-electron chi connectivity index (χ1n) is 9.12. The number of piperidine rings is 1. The molecule has 134 valence electrons. The lowest BCUT2D eigenvalue weighted by molar-refractivity contribution is 0.185. The highest BCUT2D eigenvalue weighted by Crippen LogP contribution is 2.16. The van der Waals surface area contributed by atoms with Crippen molar-refractivity contribution in [1.82, 2.24) is 15.5 Å². The third-order valence-corrected chi connectivity index (χ3v) is 4.90. The van der Waals surface area contributed by atoms with E-state index in [1.807, 2.05) is 19.2 Å². The number of likely N-dealkylation sites (tertiary alicyclic amines) is 1. The number of nitrogens with zero attached hydrogens (tertiary/aromatic N) is 2. The SMILES string of the molecule is CCCN1CCC(CNC(=NC)NCCc2ccc(Cl)cc2)CC1. The van der Waals surface area contributed by atoms with E-state index in [9.17, 15) is 0 Å². The molecule has 2 rings (SSSR count). The summed E-state index contributed by atoms with van der Waals surface area (Å²) in [6, 6.07) is 8.03. The van der Waals surface area contributed by atoms with Crippen molar-refractivity contribution in [2.75, 3.05) is 39.8 Å². The van der Waals surface area contributed by atoms with Crippen molar-refractivity contribution < 1.29 is 0 Å². The van der Waals surface area contributed by atoms with E-state index in [1.54, 1.807) is 0 Å². The molecular formula is C19H31ClN4. The largest absolute Gasteiger partial charge is 0.356 e. The second-order valence-electron chi connectivity index (χ2n) is 6.54. The average Bonchev–Trinajstić information content (AvgIpc) is 2.61. The van der Waals surface area contributed by atoms with Crippen molar-refractivity contribution in [3.8, 4) is 0 Å². The molecule has 1 fully saturated rings. The second-order valence-corrected chi connectivity index (χ2v) is 6.98. The van der Waals surface area contributed by atoms with Gasteiger partial charge in [-0.1, -0.05) is 30.7 Å². The summed E-state index contributed by atoms with van der Waals surface area (Å²) in [5.41, 5.74) is 1.28. The molecular weight excluding hydrogens is 320 g/mol. The number of guanidine groups is 1. The molecule has 0 aliphatic carbocycles. The molecule has 1 saturated heterocycles. The number of rotatable bonds is 7. The topological polar surface area (TPSA) is 39.7 Å². The lowest BCUT2D eigenvalue weighted by atomic mass is 9.97. The van der Waals surface area contributed by atoms with Crippen LogP contribution in [0.1, 0.15) is 31.7 Å². The van der Waals surface area contributed by atoms with Crippen molar-refractivity contribution >= 4 is 17.6 Å². The minimum Gasteiger partial charge on any atom is -0.356 e.